The van der Waals surface area contributed by atoms with Gasteiger partial charge in [-0.15, -0.1) is 0 Å². The number of carboxylic acids is 1. The lowest BCUT2D eigenvalue weighted by atomic mass is 10.0. The van der Waals surface area contributed by atoms with Crippen LogP contribution in [0.1, 0.15) is 108 Å². The van der Waals surface area contributed by atoms with E-state index in [1.807, 2.05) is 12.1 Å². The monoisotopic (exact) mass is 362 g/mol. The van der Waals surface area contributed by atoms with Crippen LogP contribution in [0, 0.1) is 0 Å². The molecule has 0 radical (unpaired) electrons. The number of carboxylic acid groups (broad SMARTS) is 1. The Balaban J connectivity index is 1.95. The van der Waals surface area contributed by atoms with Crippen molar-refractivity contribution in [2.24, 2.45) is 0 Å². The van der Waals surface area contributed by atoms with Crippen molar-refractivity contribution in [2.75, 3.05) is 0 Å². The third-order valence-corrected chi connectivity index (χ3v) is 5.10. The SMILES string of the molecule is CCCCCCCCCCCCCCCc1ccc([C@H](O)C(=O)O)cc1. The number of hydrogen-bond acceptors (Lipinski definition) is 2. The Morgan fingerprint density at radius 3 is 1.62 bits per heavy atom. The third-order valence-electron chi connectivity index (χ3n) is 5.10. The lowest BCUT2D eigenvalue weighted by Gasteiger charge is -2.07. The maximum Gasteiger partial charge on any atom is 0.337 e. The molecule has 1 atom stereocenters. The summed E-state index contributed by atoms with van der Waals surface area (Å²) in [4.78, 5) is 10.7. The van der Waals surface area contributed by atoms with Gasteiger partial charge in [0.25, 0.3) is 0 Å². The second-order valence-corrected chi connectivity index (χ2v) is 7.47. The first kappa shape index (κ1) is 22.7. The predicted molar refractivity (Wildman–Crippen MR) is 108 cm³/mol. The molecule has 0 fully saturated rings. The van der Waals surface area contributed by atoms with Crippen LogP contribution in [-0.4, -0.2) is 16.2 Å². The number of carbonyl (C=O) groups is 1. The van der Waals surface area contributed by atoms with Crippen molar-refractivity contribution in [1.82, 2.24) is 0 Å². The van der Waals surface area contributed by atoms with Crippen LogP contribution in [0.25, 0.3) is 0 Å². The van der Waals surface area contributed by atoms with E-state index in [1.54, 1.807) is 12.1 Å². The molecule has 0 aromatic heterocycles. The van der Waals surface area contributed by atoms with Crippen LogP contribution < -0.4 is 0 Å². The molecule has 2 N–H and O–H groups in total. The first-order valence-corrected chi connectivity index (χ1v) is 10.6. The van der Waals surface area contributed by atoms with Gasteiger partial charge in [0, 0.05) is 0 Å². The van der Waals surface area contributed by atoms with Crippen molar-refractivity contribution in [3.05, 3.63) is 35.4 Å². The Kier molecular flexibility index (Phi) is 12.9. The number of hydrogen-bond donors (Lipinski definition) is 2. The molecule has 148 valence electrons. The molecular weight excluding hydrogens is 324 g/mol. The van der Waals surface area contributed by atoms with Gasteiger partial charge in [-0.1, -0.05) is 108 Å². The molecule has 0 aliphatic carbocycles. The van der Waals surface area contributed by atoms with Gasteiger partial charge in [-0.2, -0.15) is 0 Å². The number of unbranched alkanes of at least 4 members (excludes halogenated alkanes) is 12. The molecule has 0 aliphatic rings. The minimum atomic E-state index is -1.42. The molecule has 3 heteroatoms. The maximum atomic E-state index is 10.7. The first-order chi connectivity index (χ1) is 12.6. The number of aryl methyl sites for hydroxylation is 1. The summed E-state index contributed by atoms with van der Waals surface area (Å²) in [6.45, 7) is 2.27. The Morgan fingerprint density at radius 2 is 1.19 bits per heavy atom. The molecule has 0 spiro atoms. The fourth-order valence-electron chi connectivity index (χ4n) is 3.36. The molecule has 0 unspecified atom stereocenters. The largest absolute Gasteiger partial charge is 0.479 e. The van der Waals surface area contributed by atoms with Crippen LogP contribution >= 0.6 is 0 Å². The van der Waals surface area contributed by atoms with E-state index in [1.165, 1.54) is 89.0 Å². The number of aliphatic hydroxyl groups is 1. The molecule has 1 aromatic rings. The number of aliphatic hydroxyl groups excluding tert-OH is 1. The summed E-state index contributed by atoms with van der Waals surface area (Å²) in [5, 5.41) is 18.3. The zero-order valence-corrected chi connectivity index (χ0v) is 16.6. The fourth-order valence-corrected chi connectivity index (χ4v) is 3.36. The summed E-state index contributed by atoms with van der Waals surface area (Å²) in [5.41, 5.74) is 1.67. The maximum absolute atomic E-state index is 10.7. The van der Waals surface area contributed by atoms with Crippen LogP contribution in [0.5, 0.6) is 0 Å². The average molecular weight is 363 g/mol. The van der Waals surface area contributed by atoms with Crippen LogP contribution in [0.2, 0.25) is 0 Å². The van der Waals surface area contributed by atoms with E-state index in [-0.39, 0.29) is 0 Å². The van der Waals surface area contributed by atoms with Crippen LogP contribution in [0.4, 0.5) is 0 Å². The van der Waals surface area contributed by atoms with Gasteiger partial charge < -0.3 is 10.2 Å². The molecule has 0 saturated heterocycles. The Hall–Kier alpha value is -1.35. The van der Waals surface area contributed by atoms with E-state index in [0.717, 1.165) is 6.42 Å². The predicted octanol–water partition coefficient (Wildman–Crippen LogP) is 6.44. The summed E-state index contributed by atoms with van der Waals surface area (Å²) >= 11 is 0. The lowest BCUT2D eigenvalue weighted by molar-refractivity contribution is -0.146. The number of benzene rings is 1. The molecule has 1 rings (SSSR count). The molecule has 0 saturated carbocycles. The van der Waals surface area contributed by atoms with Gasteiger partial charge in [0.1, 0.15) is 0 Å². The first-order valence-electron chi connectivity index (χ1n) is 10.6. The minimum absolute atomic E-state index is 0.451. The zero-order valence-electron chi connectivity index (χ0n) is 16.6. The summed E-state index contributed by atoms with van der Waals surface area (Å²) < 4.78 is 0. The molecule has 0 heterocycles. The summed E-state index contributed by atoms with van der Waals surface area (Å²) in [6.07, 6.45) is 17.3. The van der Waals surface area contributed by atoms with Crippen LogP contribution in [-0.2, 0) is 11.2 Å². The molecular formula is C23H38O3. The highest BCUT2D eigenvalue weighted by atomic mass is 16.4. The molecule has 0 aliphatic heterocycles. The summed E-state index contributed by atoms with van der Waals surface area (Å²) in [6, 6.07) is 7.30. The summed E-state index contributed by atoms with van der Waals surface area (Å²) in [7, 11) is 0. The molecule has 0 amide bonds. The highest BCUT2D eigenvalue weighted by Crippen LogP contribution is 2.16. The number of aliphatic carboxylic acids is 1. The van der Waals surface area contributed by atoms with Gasteiger partial charge in [0.05, 0.1) is 0 Å². The molecule has 3 nitrogen and oxygen atoms in total. The smallest absolute Gasteiger partial charge is 0.337 e. The van der Waals surface area contributed by atoms with Gasteiger partial charge in [-0.25, -0.2) is 4.79 Å². The number of rotatable bonds is 16. The quantitative estimate of drug-likeness (QED) is 0.333. The van der Waals surface area contributed by atoms with Crippen molar-refractivity contribution in [1.29, 1.82) is 0 Å². The van der Waals surface area contributed by atoms with E-state index in [9.17, 15) is 9.90 Å². The van der Waals surface area contributed by atoms with Crippen molar-refractivity contribution < 1.29 is 15.0 Å². The van der Waals surface area contributed by atoms with Crippen molar-refractivity contribution in [3.8, 4) is 0 Å². The van der Waals surface area contributed by atoms with Crippen molar-refractivity contribution in [3.63, 3.8) is 0 Å². The standard InChI is InChI=1S/C23H38O3/c1-2-3-4-5-6-7-8-9-10-11-12-13-14-15-20-16-18-21(19-17-20)22(24)23(25)26/h16-19,22,24H,2-15H2,1H3,(H,25,26)/t22-/m0/s1. The Morgan fingerprint density at radius 1 is 0.769 bits per heavy atom. The summed E-state index contributed by atoms with van der Waals surface area (Å²) in [5.74, 6) is -1.20. The average Bonchev–Trinajstić information content (AvgIpc) is 2.65. The molecule has 1 aromatic carbocycles. The second kappa shape index (κ2) is 14.8. The minimum Gasteiger partial charge on any atom is -0.479 e. The van der Waals surface area contributed by atoms with E-state index >= 15 is 0 Å². The fraction of sp³-hybridized carbons (Fsp3) is 0.696. The van der Waals surface area contributed by atoms with E-state index in [4.69, 9.17) is 5.11 Å². The second-order valence-electron chi connectivity index (χ2n) is 7.47. The van der Waals surface area contributed by atoms with Crippen LogP contribution in [0.3, 0.4) is 0 Å². The van der Waals surface area contributed by atoms with E-state index < -0.39 is 12.1 Å². The van der Waals surface area contributed by atoms with E-state index in [2.05, 4.69) is 6.92 Å². The highest BCUT2D eigenvalue weighted by Gasteiger charge is 2.14. The van der Waals surface area contributed by atoms with Gasteiger partial charge in [-0.05, 0) is 24.0 Å². The highest BCUT2D eigenvalue weighted by molar-refractivity contribution is 5.73. The van der Waals surface area contributed by atoms with Gasteiger partial charge in [-0.3, -0.25) is 0 Å². The lowest BCUT2D eigenvalue weighted by Crippen LogP contribution is -2.10. The topological polar surface area (TPSA) is 57.5 Å². The van der Waals surface area contributed by atoms with Crippen molar-refractivity contribution in [2.45, 2.75) is 103 Å². The molecule has 26 heavy (non-hydrogen) atoms. The van der Waals surface area contributed by atoms with Crippen LogP contribution in [0.15, 0.2) is 24.3 Å². The van der Waals surface area contributed by atoms with Gasteiger partial charge in [0.2, 0.25) is 0 Å². The van der Waals surface area contributed by atoms with Crippen molar-refractivity contribution >= 4 is 5.97 Å². The Labute approximate surface area is 159 Å². The van der Waals surface area contributed by atoms with Gasteiger partial charge >= 0.3 is 5.97 Å². The zero-order chi connectivity index (χ0) is 19.0. The van der Waals surface area contributed by atoms with E-state index in [0.29, 0.717) is 5.56 Å². The molecule has 0 bridgehead atoms. The Bertz CT molecular complexity index is 467. The van der Waals surface area contributed by atoms with Gasteiger partial charge in [0.15, 0.2) is 6.10 Å². The third kappa shape index (κ3) is 10.6. The normalized spacial score (nSPS) is 12.2.